The van der Waals surface area contributed by atoms with E-state index in [1.807, 2.05) is 23.5 Å². The average Bonchev–Trinajstić information content (AvgIpc) is 3.55. The van der Waals surface area contributed by atoms with Gasteiger partial charge in [-0.2, -0.15) is 0 Å². The van der Waals surface area contributed by atoms with Gasteiger partial charge in [0.1, 0.15) is 11.3 Å². The number of rotatable bonds is 1. The molecule has 0 unspecified atom stereocenters. The van der Waals surface area contributed by atoms with Crippen LogP contribution >= 0.6 is 22.7 Å². The Balaban J connectivity index is 1.56. The Morgan fingerprint density at radius 2 is 1.37 bits per heavy atom. The van der Waals surface area contributed by atoms with Crippen LogP contribution in [0.3, 0.4) is 0 Å². The Morgan fingerprint density at radius 1 is 0.686 bits per heavy atom. The number of phenols is 1. The third-order valence-electron chi connectivity index (χ3n) is 6.99. The molecule has 0 fully saturated rings. The molecule has 0 saturated heterocycles. The van der Waals surface area contributed by atoms with Crippen molar-refractivity contribution in [1.82, 2.24) is 4.57 Å². The molecule has 0 aliphatic carbocycles. The van der Waals surface area contributed by atoms with Gasteiger partial charge in [-0.3, -0.25) is 0 Å². The minimum atomic E-state index is 0.270. The smallest absolute Gasteiger partial charge is 0.154 e. The number of aromatic hydroxyl groups is 1. The second kappa shape index (κ2) is 6.66. The number of aromatic nitrogens is 1. The maximum atomic E-state index is 9.95. The number of benzene rings is 4. The first-order chi connectivity index (χ1) is 17.0. The number of aryl methyl sites for hydroxylation is 2. The first-order valence-electron chi connectivity index (χ1n) is 11.6. The monoisotopic (exact) mass is 489 g/mol. The summed E-state index contributed by atoms with van der Waals surface area (Å²) in [6.45, 7) is 4.27. The Morgan fingerprint density at radius 3 is 2.14 bits per heavy atom. The highest BCUT2D eigenvalue weighted by atomic mass is 32.1. The minimum Gasteiger partial charge on any atom is -0.508 e. The summed E-state index contributed by atoms with van der Waals surface area (Å²) in [6.07, 6.45) is 0. The molecule has 0 bridgehead atoms. The highest BCUT2D eigenvalue weighted by Gasteiger charge is 2.21. The first kappa shape index (κ1) is 19.5. The van der Waals surface area contributed by atoms with Gasteiger partial charge in [0.2, 0.25) is 0 Å². The fourth-order valence-corrected chi connectivity index (χ4v) is 7.91. The van der Waals surface area contributed by atoms with Crippen molar-refractivity contribution in [2.45, 2.75) is 13.8 Å². The van der Waals surface area contributed by atoms with Crippen LogP contribution in [0.1, 0.15) is 11.1 Å². The summed E-state index contributed by atoms with van der Waals surface area (Å²) in [5.74, 6) is 0.270. The van der Waals surface area contributed by atoms with Crippen molar-refractivity contribution in [3.63, 3.8) is 0 Å². The lowest BCUT2D eigenvalue weighted by Crippen LogP contribution is -1.93. The van der Waals surface area contributed by atoms with E-state index in [1.165, 1.54) is 51.6 Å². The maximum Gasteiger partial charge on any atom is 0.154 e. The lowest BCUT2D eigenvalue weighted by Gasteiger charge is -2.08. The summed E-state index contributed by atoms with van der Waals surface area (Å²) in [4.78, 5) is 0. The Labute approximate surface area is 208 Å². The molecule has 0 radical (unpaired) electrons. The summed E-state index contributed by atoms with van der Waals surface area (Å²) < 4.78 is 13.8. The zero-order valence-corrected chi connectivity index (χ0v) is 20.7. The molecule has 4 heterocycles. The number of hydrogen-bond donors (Lipinski definition) is 1. The second-order valence-electron chi connectivity index (χ2n) is 9.36. The van der Waals surface area contributed by atoms with E-state index in [0.717, 1.165) is 27.8 Å². The Hall–Kier alpha value is -3.80. The molecule has 0 spiro atoms. The third kappa shape index (κ3) is 2.60. The molecule has 4 aromatic carbocycles. The topological polar surface area (TPSA) is 38.3 Å². The van der Waals surface area contributed by atoms with Crippen LogP contribution in [0, 0.1) is 13.8 Å². The van der Waals surface area contributed by atoms with Crippen LogP contribution < -0.4 is 0 Å². The van der Waals surface area contributed by atoms with Crippen molar-refractivity contribution in [2.75, 3.05) is 0 Å². The van der Waals surface area contributed by atoms with Crippen LogP contribution in [0.2, 0.25) is 0 Å². The summed E-state index contributed by atoms with van der Waals surface area (Å²) >= 11 is 3.64. The average molecular weight is 490 g/mol. The summed E-state index contributed by atoms with van der Waals surface area (Å²) in [5.41, 5.74) is 7.83. The van der Waals surface area contributed by atoms with Gasteiger partial charge in [-0.25, -0.2) is 0 Å². The van der Waals surface area contributed by atoms with E-state index in [1.54, 1.807) is 23.5 Å². The van der Waals surface area contributed by atoms with E-state index in [2.05, 4.69) is 66.9 Å². The number of fused-ring (bicyclic) bond motifs is 10. The van der Waals surface area contributed by atoms with Gasteiger partial charge >= 0.3 is 0 Å². The van der Waals surface area contributed by atoms with E-state index in [0.29, 0.717) is 0 Å². The summed E-state index contributed by atoms with van der Waals surface area (Å²) in [7, 11) is 0. The standard InChI is InChI=1S/C30H19NO2S2/c1-15-3-9-19-25(11-15)34-29-21-14-24-22(30-28(33-24)20-10-4-16(2)12-26(20)35-30)13-23(21)31(27(19)29)17-5-7-18(32)8-6-17/h3-14,32H,1-2H3. The summed E-state index contributed by atoms with van der Waals surface area (Å²) in [6, 6.07) is 25.3. The van der Waals surface area contributed by atoms with E-state index in [-0.39, 0.29) is 5.75 Å². The van der Waals surface area contributed by atoms with Crippen LogP contribution in [0.15, 0.2) is 77.2 Å². The lowest BCUT2D eigenvalue weighted by atomic mass is 10.1. The normalized spacial score (nSPS) is 12.4. The Bertz CT molecular complexity index is 2140. The van der Waals surface area contributed by atoms with E-state index in [4.69, 9.17) is 4.42 Å². The maximum absolute atomic E-state index is 9.95. The van der Waals surface area contributed by atoms with Gasteiger partial charge in [0.25, 0.3) is 0 Å². The predicted octanol–water partition coefficient (Wildman–Crippen LogP) is 9.43. The zero-order chi connectivity index (χ0) is 23.4. The van der Waals surface area contributed by atoms with Gasteiger partial charge in [-0.1, -0.05) is 18.2 Å². The van der Waals surface area contributed by atoms with Gasteiger partial charge < -0.3 is 14.1 Å². The van der Waals surface area contributed by atoms with E-state index >= 15 is 0 Å². The number of thiophene rings is 2. The fraction of sp³-hybridized carbons (Fsp3) is 0.0667. The molecule has 5 heteroatoms. The van der Waals surface area contributed by atoms with Crippen molar-refractivity contribution in [2.24, 2.45) is 0 Å². The molecule has 0 amide bonds. The Kier molecular flexibility index (Phi) is 3.71. The highest BCUT2D eigenvalue weighted by molar-refractivity contribution is 7.27. The molecule has 0 atom stereocenters. The molecule has 35 heavy (non-hydrogen) atoms. The fourth-order valence-electron chi connectivity index (χ4n) is 5.35. The molecule has 4 aromatic heterocycles. The van der Waals surface area contributed by atoms with Gasteiger partial charge in [-0.05, 0) is 79.6 Å². The van der Waals surface area contributed by atoms with Gasteiger partial charge in [-0.15, -0.1) is 22.7 Å². The van der Waals surface area contributed by atoms with E-state index in [9.17, 15) is 5.11 Å². The van der Waals surface area contributed by atoms with Crippen LogP contribution in [0.25, 0.3) is 68.2 Å². The lowest BCUT2D eigenvalue weighted by molar-refractivity contribution is 0.475. The van der Waals surface area contributed by atoms with Crippen molar-refractivity contribution < 1.29 is 9.52 Å². The van der Waals surface area contributed by atoms with Crippen LogP contribution in [-0.2, 0) is 0 Å². The molecule has 8 aromatic rings. The van der Waals surface area contributed by atoms with Crippen LogP contribution in [-0.4, -0.2) is 9.67 Å². The van der Waals surface area contributed by atoms with Crippen molar-refractivity contribution in [3.8, 4) is 11.4 Å². The van der Waals surface area contributed by atoms with Gasteiger partial charge in [0.05, 0.1) is 20.4 Å². The first-order valence-corrected chi connectivity index (χ1v) is 13.2. The molecule has 0 aliphatic rings. The molecular formula is C30H19NO2S2. The number of phenolic OH excluding ortho intramolecular Hbond substituents is 1. The molecule has 8 rings (SSSR count). The predicted molar refractivity (Wildman–Crippen MR) is 150 cm³/mol. The second-order valence-corrected chi connectivity index (χ2v) is 11.5. The van der Waals surface area contributed by atoms with Crippen LogP contribution in [0.5, 0.6) is 5.75 Å². The third-order valence-corrected chi connectivity index (χ3v) is 9.33. The largest absolute Gasteiger partial charge is 0.508 e. The summed E-state index contributed by atoms with van der Waals surface area (Å²) in [5, 5.41) is 14.7. The molecule has 168 valence electrons. The van der Waals surface area contributed by atoms with E-state index < -0.39 is 0 Å². The molecular weight excluding hydrogens is 470 g/mol. The minimum absolute atomic E-state index is 0.270. The quantitative estimate of drug-likeness (QED) is 0.249. The van der Waals surface area contributed by atoms with Crippen molar-refractivity contribution in [1.29, 1.82) is 0 Å². The van der Waals surface area contributed by atoms with Crippen molar-refractivity contribution >= 4 is 85.2 Å². The number of furan rings is 1. The SMILES string of the molecule is Cc1ccc2c(c1)sc1c3cc4c(cc3oc21)c1sc2cc(C)ccc2c1n4-c1ccc(O)cc1. The molecule has 0 aliphatic heterocycles. The zero-order valence-electron chi connectivity index (χ0n) is 19.0. The number of nitrogens with zero attached hydrogens (tertiary/aromatic N) is 1. The molecule has 3 nitrogen and oxygen atoms in total. The number of hydrogen-bond acceptors (Lipinski definition) is 4. The van der Waals surface area contributed by atoms with Gasteiger partial charge in [0.15, 0.2) is 5.58 Å². The molecule has 1 N–H and O–H groups in total. The molecule has 0 saturated carbocycles. The van der Waals surface area contributed by atoms with Gasteiger partial charge in [0, 0.05) is 36.6 Å². The highest BCUT2D eigenvalue weighted by Crippen LogP contribution is 2.47. The van der Waals surface area contributed by atoms with Crippen molar-refractivity contribution in [3.05, 3.63) is 83.9 Å². The van der Waals surface area contributed by atoms with Crippen LogP contribution in [0.4, 0.5) is 0 Å².